The van der Waals surface area contributed by atoms with Crippen molar-refractivity contribution in [3.05, 3.63) is 194 Å². The molecule has 2 heteroatoms. The zero-order chi connectivity index (χ0) is 33.0. The van der Waals surface area contributed by atoms with Gasteiger partial charge in [0.25, 0.3) is 0 Å². The van der Waals surface area contributed by atoms with Crippen molar-refractivity contribution < 1.29 is 0 Å². The van der Waals surface area contributed by atoms with E-state index in [1.807, 2.05) is 0 Å². The Kier molecular flexibility index (Phi) is 6.67. The molecule has 50 heavy (non-hydrogen) atoms. The van der Waals surface area contributed by atoms with Gasteiger partial charge in [0.2, 0.25) is 0 Å². The van der Waals surface area contributed by atoms with Crippen molar-refractivity contribution >= 4 is 34.0 Å². The number of allylic oxidation sites excluding steroid dienone is 2. The molecule has 0 amide bonds. The molecule has 7 aromatic rings. The van der Waals surface area contributed by atoms with Gasteiger partial charge in [0.15, 0.2) is 0 Å². The summed E-state index contributed by atoms with van der Waals surface area (Å²) >= 11 is 0. The smallest absolute Gasteiger partial charge is 0.0560 e. The van der Waals surface area contributed by atoms with Gasteiger partial charge < -0.3 is 9.80 Å². The number of anilines is 5. The molecule has 0 fully saturated rings. The fourth-order valence-corrected chi connectivity index (χ4v) is 8.23. The lowest BCUT2D eigenvalue weighted by Gasteiger charge is -2.34. The van der Waals surface area contributed by atoms with Crippen LogP contribution in [0, 0.1) is 0 Å². The quantitative estimate of drug-likeness (QED) is 0.190. The van der Waals surface area contributed by atoms with Crippen LogP contribution in [0.25, 0.3) is 50.1 Å². The third-order valence-corrected chi connectivity index (χ3v) is 10.5. The molecule has 0 N–H and O–H groups in total. The number of hydrogen-bond donors (Lipinski definition) is 0. The SMILES string of the molecule is C1=CC(N2c3ccccc3-c3ccccc3-c3ccccc32)CC=C1c1ccc(N2c3ccccc3-c3ccccc3-c3ccccc32)cc1. The third-order valence-electron chi connectivity index (χ3n) is 10.5. The average Bonchev–Trinajstić information content (AvgIpc) is 3.40. The van der Waals surface area contributed by atoms with E-state index in [9.17, 15) is 0 Å². The number of fused-ring (bicyclic) bond motifs is 10. The van der Waals surface area contributed by atoms with Gasteiger partial charge in [-0.15, -0.1) is 0 Å². The van der Waals surface area contributed by atoms with Gasteiger partial charge in [-0.25, -0.2) is 0 Å². The number of benzene rings is 7. The van der Waals surface area contributed by atoms with Gasteiger partial charge in [0, 0.05) is 39.3 Å². The molecule has 1 atom stereocenters. The molecule has 1 aliphatic carbocycles. The Morgan fingerprint density at radius 1 is 0.380 bits per heavy atom. The van der Waals surface area contributed by atoms with Crippen LogP contribution in [-0.4, -0.2) is 6.04 Å². The van der Waals surface area contributed by atoms with Crippen LogP contribution in [0.2, 0.25) is 0 Å². The van der Waals surface area contributed by atoms with E-state index >= 15 is 0 Å². The molecule has 0 bridgehead atoms. The standard InChI is InChI=1S/C48H34N2/c1-2-14-38-37(13-1)41-17-5-9-21-45(41)49(46-22-10-6-18-42(38)46)35-29-25-33(26-30-35)34-27-31-36(32-28-34)50-47-23-11-7-19-43(47)39-15-3-4-16-40(39)44-20-8-12-24-48(44)50/h1-31,36H,32H2. The number of hydrogen-bond acceptors (Lipinski definition) is 2. The van der Waals surface area contributed by atoms with E-state index in [1.54, 1.807) is 0 Å². The molecular weight excluding hydrogens is 605 g/mol. The van der Waals surface area contributed by atoms with Gasteiger partial charge in [-0.05, 0) is 76.2 Å². The molecule has 7 aromatic carbocycles. The zero-order valence-corrected chi connectivity index (χ0v) is 27.6. The summed E-state index contributed by atoms with van der Waals surface area (Å²) in [6, 6.07) is 62.2. The average molecular weight is 639 g/mol. The van der Waals surface area contributed by atoms with Crippen LogP contribution in [0.3, 0.4) is 0 Å². The largest absolute Gasteiger partial charge is 0.333 e. The molecule has 0 saturated carbocycles. The van der Waals surface area contributed by atoms with E-state index in [0.29, 0.717) is 0 Å². The van der Waals surface area contributed by atoms with E-state index in [0.717, 1.165) is 12.1 Å². The van der Waals surface area contributed by atoms with E-state index in [1.165, 1.54) is 78.4 Å². The summed E-state index contributed by atoms with van der Waals surface area (Å²) in [6.45, 7) is 0. The summed E-state index contributed by atoms with van der Waals surface area (Å²) < 4.78 is 0. The van der Waals surface area contributed by atoms with E-state index in [4.69, 9.17) is 0 Å². The molecule has 2 nitrogen and oxygen atoms in total. The molecule has 0 radical (unpaired) electrons. The highest BCUT2D eigenvalue weighted by Crippen LogP contribution is 2.51. The highest BCUT2D eigenvalue weighted by Gasteiger charge is 2.29. The van der Waals surface area contributed by atoms with Crippen LogP contribution < -0.4 is 9.80 Å². The highest BCUT2D eigenvalue weighted by atomic mass is 15.2. The van der Waals surface area contributed by atoms with Gasteiger partial charge in [0.05, 0.1) is 17.4 Å². The topological polar surface area (TPSA) is 6.48 Å². The lowest BCUT2D eigenvalue weighted by molar-refractivity contribution is 0.789. The van der Waals surface area contributed by atoms with Gasteiger partial charge in [-0.3, -0.25) is 0 Å². The van der Waals surface area contributed by atoms with Gasteiger partial charge in [-0.1, -0.05) is 152 Å². The van der Waals surface area contributed by atoms with Crippen LogP contribution in [0.15, 0.2) is 188 Å². The van der Waals surface area contributed by atoms with Crippen molar-refractivity contribution in [3.63, 3.8) is 0 Å². The zero-order valence-electron chi connectivity index (χ0n) is 27.6. The molecule has 2 aliphatic heterocycles. The fourth-order valence-electron chi connectivity index (χ4n) is 8.23. The van der Waals surface area contributed by atoms with Crippen LogP contribution in [0.5, 0.6) is 0 Å². The van der Waals surface area contributed by atoms with Crippen molar-refractivity contribution in [1.82, 2.24) is 0 Å². The van der Waals surface area contributed by atoms with Crippen molar-refractivity contribution in [2.75, 3.05) is 9.80 Å². The van der Waals surface area contributed by atoms with Gasteiger partial charge >= 0.3 is 0 Å². The van der Waals surface area contributed by atoms with E-state index < -0.39 is 0 Å². The van der Waals surface area contributed by atoms with Gasteiger partial charge in [-0.2, -0.15) is 0 Å². The van der Waals surface area contributed by atoms with Crippen LogP contribution in [-0.2, 0) is 0 Å². The van der Waals surface area contributed by atoms with Crippen molar-refractivity contribution in [3.8, 4) is 44.5 Å². The molecule has 0 saturated heterocycles. The Hall–Kier alpha value is -6.38. The van der Waals surface area contributed by atoms with Crippen LogP contribution >= 0.6 is 0 Å². The first-order valence-electron chi connectivity index (χ1n) is 17.5. The van der Waals surface area contributed by atoms with Gasteiger partial charge in [0.1, 0.15) is 0 Å². The minimum atomic E-state index is 0.196. The summed E-state index contributed by atoms with van der Waals surface area (Å²) in [5.41, 5.74) is 18.7. The lowest BCUT2D eigenvalue weighted by atomic mass is 9.95. The Morgan fingerprint density at radius 3 is 1.18 bits per heavy atom. The highest BCUT2D eigenvalue weighted by molar-refractivity contribution is 6.03. The summed E-state index contributed by atoms with van der Waals surface area (Å²) in [7, 11) is 0. The number of rotatable bonds is 3. The molecule has 236 valence electrons. The van der Waals surface area contributed by atoms with E-state index in [-0.39, 0.29) is 6.04 Å². The first-order chi connectivity index (χ1) is 24.8. The monoisotopic (exact) mass is 638 g/mol. The Morgan fingerprint density at radius 2 is 0.760 bits per heavy atom. The van der Waals surface area contributed by atoms with Crippen molar-refractivity contribution in [2.45, 2.75) is 12.5 Å². The molecule has 0 spiro atoms. The lowest BCUT2D eigenvalue weighted by Crippen LogP contribution is -2.30. The number of nitrogens with zero attached hydrogens (tertiary/aromatic N) is 2. The number of para-hydroxylation sites is 4. The Balaban J connectivity index is 0.998. The third kappa shape index (κ3) is 4.49. The summed E-state index contributed by atoms with van der Waals surface area (Å²) in [4.78, 5) is 4.96. The van der Waals surface area contributed by atoms with E-state index in [2.05, 4.69) is 198 Å². The summed E-state index contributed by atoms with van der Waals surface area (Å²) in [5.74, 6) is 0. The normalized spacial score (nSPS) is 15.3. The minimum absolute atomic E-state index is 0.196. The Labute approximate surface area is 293 Å². The first kappa shape index (κ1) is 28.6. The predicted molar refractivity (Wildman–Crippen MR) is 211 cm³/mol. The molecular formula is C48H34N2. The van der Waals surface area contributed by atoms with Crippen LogP contribution in [0.1, 0.15) is 12.0 Å². The maximum absolute atomic E-state index is 2.55. The minimum Gasteiger partial charge on any atom is -0.333 e. The summed E-state index contributed by atoms with van der Waals surface area (Å²) in [5, 5.41) is 0. The van der Waals surface area contributed by atoms with Crippen LogP contribution in [0.4, 0.5) is 28.4 Å². The van der Waals surface area contributed by atoms with Crippen molar-refractivity contribution in [1.29, 1.82) is 0 Å². The molecule has 1 unspecified atom stereocenters. The maximum Gasteiger partial charge on any atom is 0.0560 e. The molecule has 3 aliphatic rings. The van der Waals surface area contributed by atoms with Crippen molar-refractivity contribution in [2.24, 2.45) is 0 Å². The maximum atomic E-state index is 2.55. The second kappa shape index (κ2) is 11.6. The molecule has 10 rings (SSSR count). The molecule has 0 aromatic heterocycles. The second-order valence-corrected chi connectivity index (χ2v) is 13.2. The second-order valence-electron chi connectivity index (χ2n) is 13.2. The fraction of sp³-hybridized carbons (Fsp3) is 0.0417. The predicted octanol–water partition coefficient (Wildman–Crippen LogP) is 13.0. The first-order valence-corrected chi connectivity index (χ1v) is 17.5. The Bertz CT molecular complexity index is 2350. The summed E-state index contributed by atoms with van der Waals surface area (Å²) in [6.07, 6.45) is 8.04. The molecule has 2 heterocycles.